The molecule has 0 heterocycles. The highest BCUT2D eigenvalue weighted by molar-refractivity contribution is 5.85. The summed E-state index contributed by atoms with van der Waals surface area (Å²) in [7, 11) is 0. The fourth-order valence-corrected chi connectivity index (χ4v) is 2.23. The summed E-state index contributed by atoms with van der Waals surface area (Å²) in [6.07, 6.45) is -0.534. The molecular formula is C19H26ClNO2. The van der Waals surface area contributed by atoms with Crippen molar-refractivity contribution in [1.29, 1.82) is 0 Å². The van der Waals surface area contributed by atoms with E-state index < -0.39 is 6.10 Å². The van der Waals surface area contributed by atoms with E-state index in [2.05, 4.69) is 38.2 Å². The van der Waals surface area contributed by atoms with Crippen molar-refractivity contribution < 1.29 is 9.84 Å². The average molecular weight is 336 g/mol. The first-order chi connectivity index (χ1) is 10.6. The molecule has 2 rings (SSSR count). The van der Waals surface area contributed by atoms with Crippen LogP contribution in [0.15, 0.2) is 48.5 Å². The molecule has 0 aliphatic heterocycles. The Morgan fingerprint density at radius 3 is 2.39 bits per heavy atom. The van der Waals surface area contributed by atoms with Crippen LogP contribution in [0.3, 0.4) is 0 Å². The first-order valence-electron chi connectivity index (χ1n) is 7.72. The van der Waals surface area contributed by atoms with Gasteiger partial charge < -0.3 is 15.2 Å². The van der Waals surface area contributed by atoms with Crippen LogP contribution in [0.1, 0.15) is 29.7 Å². The molecule has 0 aliphatic carbocycles. The van der Waals surface area contributed by atoms with E-state index in [9.17, 15) is 5.11 Å². The standard InChI is InChI=1S/C19H25NO2.ClH/c1-14-9-10-19(11-15(14)2)22-13-18(21)12-20-16(3)17-7-5-4-6-8-17;/h4-11,16,18,20-21H,12-13H2,1-3H3;1H. The van der Waals surface area contributed by atoms with E-state index in [1.165, 1.54) is 16.7 Å². The van der Waals surface area contributed by atoms with Gasteiger partial charge in [-0.05, 0) is 49.6 Å². The van der Waals surface area contributed by atoms with Crippen molar-refractivity contribution in [2.45, 2.75) is 32.9 Å². The second kappa shape index (κ2) is 9.56. The molecule has 2 aromatic rings. The molecule has 0 saturated heterocycles. The van der Waals surface area contributed by atoms with E-state index in [1.54, 1.807) is 0 Å². The number of aliphatic hydroxyl groups is 1. The molecular weight excluding hydrogens is 310 g/mol. The number of aliphatic hydroxyl groups excluding tert-OH is 1. The highest BCUT2D eigenvalue weighted by atomic mass is 35.5. The van der Waals surface area contributed by atoms with Gasteiger partial charge in [-0.2, -0.15) is 0 Å². The van der Waals surface area contributed by atoms with E-state index in [4.69, 9.17) is 4.74 Å². The number of nitrogens with one attached hydrogen (secondary N) is 1. The van der Waals surface area contributed by atoms with E-state index in [1.807, 2.05) is 36.4 Å². The van der Waals surface area contributed by atoms with E-state index >= 15 is 0 Å². The molecule has 0 aromatic heterocycles. The van der Waals surface area contributed by atoms with Crippen LogP contribution in [0.25, 0.3) is 0 Å². The minimum atomic E-state index is -0.534. The number of halogens is 1. The van der Waals surface area contributed by atoms with Gasteiger partial charge in [0.15, 0.2) is 0 Å². The lowest BCUT2D eigenvalue weighted by atomic mass is 10.1. The van der Waals surface area contributed by atoms with Crippen LogP contribution in [-0.2, 0) is 0 Å². The van der Waals surface area contributed by atoms with Crippen LogP contribution in [-0.4, -0.2) is 24.4 Å². The van der Waals surface area contributed by atoms with E-state index in [0.29, 0.717) is 6.54 Å². The van der Waals surface area contributed by atoms with Crippen LogP contribution in [0.2, 0.25) is 0 Å². The van der Waals surface area contributed by atoms with Crippen molar-refractivity contribution in [2.75, 3.05) is 13.2 Å². The third kappa shape index (κ3) is 6.22. The van der Waals surface area contributed by atoms with Gasteiger partial charge in [-0.15, -0.1) is 12.4 Å². The number of hydrogen-bond donors (Lipinski definition) is 2. The Morgan fingerprint density at radius 2 is 1.74 bits per heavy atom. The van der Waals surface area contributed by atoms with Crippen molar-refractivity contribution in [3.63, 3.8) is 0 Å². The van der Waals surface area contributed by atoms with Gasteiger partial charge in [-0.3, -0.25) is 0 Å². The van der Waals surface area contributed by atoms with Crippen molar-refractivity contribution in [2.24, 2.45) is 0 Å². The molecule has 2 atom stereocenters. The van der Waals surface area contributed by atoms with Crippen molar-refractivity contribution in [3.05, 3.63) is 65.2 Å². The minimum absolute atomic E-state index is 0. The Kier molecular flexibility index (Phi) is 8.10. The number of hydrogen-bond acceptors (Lipinski definition) is 3. The summed E-state index contributed by atoms with van der Waals surface area (Å²) in [5.41, 5.74) is 3.65. The molecule has 2 aromatic carbocycles. The second-order valence-electron chi connectivity index (χ2n) is 5.75. The Morgan fingerprint density at radius 1 is 1.04 bits per heavy atom. The van der Waals surface area contributed by atoms with Gasteiger partial charge in [-0.1, -0.05) is 36.4 Å². The molecule has 0 fully saturated rings. The summed E-state index contributed by atoms with van der Waals surface area (Å²) >= 11 is 0. The van der Waals surface area contributed by atoms with Crippen molar-refractivity contribution in [3.8, 4) is 5.75 Å². The van der Waals surface area contributed by atoms with E-state index in [0.717, 1.165) is 5.75 Å². The van der Waals surface area contributed by atoms with Gasteiger partial charge in [0.25, 0.3) is 0 Å². The molecule has 0 saturated carbocycles. The highest BCUT2D eigenvalue weighted by Crippen LogP contribution is 2.16. The number of ether oxygens (including phenoxy) is 1. The predicted octanol–water partition coefficient (Wildman–Crippen LogP) is 3.82. The SMILES string of the molecule is Cc1ccc(OCC(O)CNC(C)c2ccccc2)cc1C.Cl. The first kappa shape index (κ1) is 19.5. The summed E-state index contributed by atoms with van der Waals surface area (Å²) in [4.78, 5) is 0. The zero-order chi connectivity index (χ0) is 15.9. The highest BCUT2D eigenvalue weighted by Gasteiger charge is 2.09. The summed E-state index contributed by atoms with van der Waals surface area (Å²) in [6.45, 7) is 7.01. The number of benzene rings is 2. The molecule has 4 heteroatoms. The molecule has 0 radical (unpaired) electrons. The maximum Gasteiger partial charge on any atom is 0.119 e. The summed E-state index contributed by atoms with van der Waals surface area (Å²) in [5.74, 6) is 0.804. The maximum absolute atomic E-state index is 10.0. The average Bonchev–Trinajstić information content (AvgIpc) is 2.54. The predicted molar refractivity (Wildman–Crippen MR) is 97.5 cm³/mol. The second-order valence-corrected chi connectivity index (χ2v) is 5.75. The van der Waals surface area contributed by atoms with Crippen molar-refractivity contribution >= 4 is 12.4 Å². The summed E-state index contributed by atoms with van der Waals surface area (Å²) in [6, 6.07) is 16.4. The molecule has 2 unspecified atom stereocenters. The van der Waals surface area contributed by atoms with Crippen molar-refractivity contribution in [1.82, 2.24) is 5.32 Å². The molecule has 0 bridgehead atoms. The van der Waals surface area contributed by atoms with Gasteiger partial charge in [0.2, 0.25) is 0 Å². The van der Waals surface area contributed by atoms with Gasteiger partial charge in [0.1, 0.15) is 18.5 Å². The zero-order valence-corrected chi connectivity index (χ0v) is 14.8. The first-order valence-corrected chi connectivity index (χ1v) is 7.72. The topological polar surface area (TPSA) is 41.5 Å². The fourth-order valence-electron chi connectivity index (χ4n) is 2.23. The van der Waals surface area contributed by atoms with Crippen LogP contribution < -0.4 is 10.1 Å². The number of aryl methyl sites for hydroxylation is 2. The summed E-state index contributed by atoms with van der Waals surface area (Å²) < 4.78 is 5.65. The third-order valence-electron chi connectivity index (χ3n) is 3.88. The molecule has 23 heavy (non-hydrogen) atoms. The maximum atomic E-state index is 10.0. The van der Waals surface area contributed by atoms with Gasteiger partial charge in [-0.25, -0.2) is 0 Å². The van der Waals surface area contributed by atoms with Crippen LogP contribution in [0.5, 0.6) is 5.75 Å². The lowest BCUT2D eigenvalue weighted by Gasteiger charge is -2.18. The third-order valence-corrected chi connectivity index (χ3v) is 3.88. The molecule has 0 amide bonds. The van der Waals surface area contributed by atoms with Crippen LogP contribution in [0, 0.1) is 13.8 Å². The molecule has 2 N–H and O–H groups in total. The normalized spacial score (nSPS) is 13.0. The summed E-state index contributed by atoms with van der Waals surface area (Å²) in [5, 5.41) is 13.4. The number of rotatable bonds is 7. The largest absolute Gasteiger partial charge is 0.491 e. The lowest BCUT2D eigenvalue weighted by molar-refractivity contribution is 0.104. The smallest absolute Gasteiger partial charge is 0.119 e. The van der Waals surface area contributed by atoms with Crippen LogP contribution >= 0.6 is 12.4 Å². The fraction of sp³-hybridized carbons (Fsp3) is 0.368. The van der Waals surface area contributed by atoms with Gasteiger partial charge in [0, 0.05) is 12.6 Å². The Bertz CT molecular complexity index is 589. The van der Waals surface area contributed by atoms with Gasteiger partial charge >= 0.3 is 0 Å². The minimum Gasteiger partial charge on any atom is -0.491 e. The van der Waals surface area contributed by atoms with E-state index in [-0.39, 0.29) is 25.1 Å². The molecule has 0 aliphatic rings. The molecule has 126 valence electrons. The zero-order valence-electron chi connectivity index (χ0n) is 14.0. The quantitative estimate of drug-likeness (QED) is 0.808. The van der Waals surface area contributed by atoms with Gasteiger partial charge in [0.05, 0.1) is 0 Å². The molecule has 3 nitrogen and oxygen atoms in total. The van der Waals surface area contributed by atoms with Crippen LogP contribution in [0.4, 0.5) is 0 Å². The lowest BCUT2D eigenvalue weighted by Crippen LogP contribution is -2.33. The Balaban J connectivity index is 0.00000264. The Labute approximate surface area is 145 Å². The Hall–Kier alpha value is -1.55. The monoisotopic (exact) mass is 335 g/mol. The molecule has 0 spiro atoms.